The minimum Gasteiger partial charge on any atom is -0.446 e. The third-order valence-corrected chi connectivity index (χ3v) is 5.46. The van der Waals surface area contributed by atoms with Gasteiger partial charge in [-0.15, -0.1) is 0 Å². The molecule has 0 aliphatic heterocycles. The molecule has 0 saturated heterocycles. The third kappa shape index (κ3) is 6.38. The lowest BCUT2D eigenvalue weighted by molar-refractivity contribution is 0.0760. The monoisotopic (exact) mass is 404 g/mol. The van der Waals surface area contributed by atoms with Crippen LogP contribution in [0.3, 0.4) is 0 Å². The Morgan fingerprint density at radius 1 is 1.11 bits per heavy atom. The molecule has 2 aromatic rings. The van der Waals surface area contributed by atoms with Crippen molar-refractivity contribution in [3.05, 3.63) is 60.2 Å². The number of Topliss-reactive ketones (excluding diaryl/α,β-unsaturated/α-hetero) is 1. The Labute approximate surface area is 164 Å². The van der Waals surface area contributed by atoms with E-state index in [0.717, 1.165) is 12.8 Å². The van der Waals surface area contributed by atoms with Crippen molar-refractivity contribution in [3.63, 3.8) is 0 Å². The number of carbonyl (C=O) groups excluding carboxylic acids is 2. The van der Waals surface area contributed by atoms with Crippen LogP contribution in [-0.4, -0.2) is 26.4 Å². The van der Waals surface area contributed by atoms with Crippen LogP contribution in [0.1, 0.15) is 43.0 Å². The maximum Gasteiger partial charge on any atom is 0.404 e. The smallest absolute Gasteiger partial charge is 0.404 e. The minimum absolute atomic E-state index is 0.0160. The van der Waals surface area contributed by atoms with Gasteiger partial charge in [-0.1, -0.05) is 50.1 Å². The van der Waals surface area contributed by atoms with Crippen LogP contribution in [0.4, 0.5) is 10.5 Å². The first-order valence-corrected chi connectivity index (χ1v) is 10.5. The molecule has 1 amide bonds. The van der Waals surface area contributed by atoms with E-state index < -0.39 is 22.2 Å². The Kier molecular flexibility index (Phi) is 7.57. The summed E-state index contributed by atoms with van der Waals surface area (Å²) in [5.74, 6) is -0.261. The van der Waals surface area contributed by atoms with E-state index in [1.807, 2.05) is 6.92 Å². The summed E-state index contributed by atoms with van der Waals surface area (Å²) in [5, 5.41) is 0. The number of nitrogens with one attached hydrogen (secondary N) is 1. The van der Waals surface area contributed by atoms with E-state index in [0.29, 0.717) is 12.0 Å². The predicted molar refractivity (Wildman–Crippen MR) is 107 cm³/mol. The molecule has 7 nitrogen and oxygen atoms in total. The molecule has 3 N–H and O–H groups in total. The Balaban J connectivity index is 2.13. The number of benzene rings is 2. The summed E-state index contributed by atoms with van der Waals surface area (Å²) in [4.78, 5) is 23.8. The molecule has 28 heavy (non-hydrogen) atoms. The topological polar surface area (TPSA) is 116 Å². The minimum atomic E-state index is -3.75. The fourth-order valence-electron chi connectivity index (χ4n) is 2.69. The maximum absolute atomic E-state index is 12.6. The van der Waals surface area contributed by atoms with E-state index in [-0.39, 0.29) is 22.8 Å². The molecule has 0 aliphatic rings. The van der Waals surface area contributed by atoms with E-state index in [9.17, 15) is 18.0 Å². The van der Waals surface area contributed by atoms with Crippen LogP contribution < -0.4 is 10.5 Å². The highest BCUT2D eigenvalue weighted by Gasteiger charge is 2.19. The quantitative estimate of drug-likeness (QED) is 0.586. The molecule has 0 saturated carbocycles. The van der Waals surface area contributed by atoms with Gasteiger partial charge in [0.25, 0.3) is 10.0 Å². The second-order valence-electron chi connectivity index (χ2n) is 6.33. The number of nitrogens with two attached hydrogens (primary N) is 1. The molecule has 2 rings (SSSR count). The molecule has 1 atom stereocenters. The van der Waals surface area contributed by atoms with Crippen molar-refractivity contribution in [3.8, 4) is 0 Å². The van der Waals surface area contributed by atoms with Crippen LogP contribution in [0.15, 0.2) is 59.5 Å². The third-order valence-electron chi connectivity index (χ3n) is 4.07. The normalized spacial score (nSPS) is 12.2. The SMILES string of the molecule is CCCCC(CC(=O)c1cccc(NS(=O)(=O)c2ccccc2)c1)OC(N)=O. The van der Waals surface area contributed by atoms with Gasteiger partial charge in [0.05, 0.1) is 4.90 Å². The number of ether oxygens (including phenoxy) is 1. The Hall–Kier alpha value is -2.87. The van der Waals surface area contributed by atoms with Crippen LogP contribution >= 0.6 is 0 Å². The van der Waals surface area contributed by atoms with E-state index in [1.54, 1.807) is 36.4 Å². The molecule has 150 valence electrons. The highest BCUT2D eigenvalue weighted by atomic mass is 32.2. The molecule has 8 heteroatoms. The number of primary amides is 1. The van der Waals surface area contributed by atoms with Crippen molar-refractivity contribution < 1.29 is 22.7 Å². The number of hydrogen-bond acceptors (Lipinski definition) is 5. The first-order chi connectivity index (χ1) is 13.3. The highest BCUT2D eigenvalue weighted by molar-refractivity contribution is 7.92. The lowest BCUT2D eigenvalue weighted by Gasteiger charge is -2.16. The van der Waals surface area contributed by atoms with Crippen LogP contribution in [0.5, 0.6) is 0 Å². The van der Waals surface area contributed by atoms with E-state index >= 15 is 0 Å². The average Bonchev–Trinajstić information content (AvgIpc) is 2.66. The van der Waals surface area contributed by atoms with Crippen molar-refractivity contribution >= 4 is 27.6 Å². The second-order valence-corrected chi connectivity index (χ2v) is 8.01. The van der Waals surface area contributed by atoms with Crippen LogP contribution in [-0.2, 0) is 14.8 Å². The Morgan fingerprint density at radius 2 is 1.82 bits per heavy atom. The second kappa shape index (κ2) is 9.89. The summed E-state index contributed by atoms with van der Waals surface area (Å²) >= 11 is 0. The molecular formula is C20H24N2O5S. The average molecular weight is 404 g/mol. The summed E-state index contributed by atoms with van der Waals surface area (Å²) in [6, 6.07) is 14.1. The molecule has 2 aromatic carbocycles. The van der Waals surface area contributed by atoms with E-state index in [1.165, 1.54) is 18.2 Å². The fraction of sp³-hybridized carbons (Fsp3) is 0.300. The van der Waals surface area contributed by atoms with Gasteiger partial charge >= 0.3 is 6.09 Å². The van der Waals surface area contributed by atoms with Gasteiger partial charge in [-0.05, 0) is 30.7 Å². The molecule has 1 unspecified atom stereocenters. The number of unbranched alkanes of at least 4 members (excludes halogenated alkanes) is 1. The van der Waals surface area contributed by atoms with Crippen LogP contribution in [0.25, 0.3) is 0 Å². The van der Waals surface area contributed by atoms with Crippen molar-refractivity contribution in [1.82, 2.24) is 0 Å². The van der Waals surface area contributed by atoms with Crippen LogP contribution in [0, 0.1) is 0 Å². The summed E-state index contributed by atoms with van der Waals surface area (Å²) in [7, 11) is -3.75. The van der Waals surface area contributed by atoms with Crippen molar-refractivity contribution in [1.29, 1.82) is 0 Å². The largest absolute Gasteiger partial charge is 0.446 e. The molecular weight excluding hydrogens is 380 g/mol. The summed E-state index contributed by atoms with van der Waals surface area (Å²) in [6.45, 7) is 1.99. The summed E-state index contributed by atoms with van der Waals surface area (Å²) in [5.41, 5.74) is 5.67. The molecule has 0 aliphatic carbocycles. The first kappa shape index (κ1) is 21.4. The molecule has 0 fully saturated rings. The van der Waals surface area contributed by atoms with Crippen molar-refractivity contribution in [2.75, 3.05) is 4.72 Å². The predicted octanol–water partition coefficient (Wildman–Crippen LogP) is 3.71. The number of anilines is 1. The highest BCUT2D eigenvalue weighted by Crippen LogP contribution is 2.19. The molecule has 0 bridgehead atoms. The van der Waals surface area contributed by atoms with Gasteiger partial charge in [0.1, 0.15) is 6.10 Å². The lowest BCUT2D eigenvalue weighted by atomic mass is 10.0. The fourth-order valence-corrected chi connectivity index (χ4v) is 3.76. The van der Waals surface area contributed by atoms with Crippen molar-refractivity contribution in [2.24, 2.45) is 5.73 Å². The zero-order chi connectivity index (χ0) is 20.6. The number of amides is 1. The zero-order valence-corrected chi connectivity index (χ0v) is 16.4. The summed E-state index contributed by atoms with van der Waals surface area (Å²) in [6.07, 6.45) is 0.683. The van der Waals surface area contributed by atoms with Gasteiger partial charge in [-0.2, -0.15) is 0 Å². The molecule has 0 heterocycles. The maximum atomic E-state index is 12.6. The van der Waals surface area contributed by atoms with Gasteiger partial charge in [0.2, 0.25) is 0 Å². The van der Waals surface area contributed by atoms with E-state index in [4.69, 9.17) is 10.5 Å². The van der Waals surface area contributed by atoms with Gasteiger partial charge in [0.15, 0.2) is 5.78 Å². The number of sulfonamides is 1. The van der Waals surface area contributed by atoms with Crippen molar-refractivity contribution in [2.45, 2.75) is 43.6 Å². The Bertz CT molecular complexity index is 913. The standard InChI is InChI=1S/C20H24N2O5S/c1-2-3-10-17(27-20(21)24)14-19(23)15-8-7-9-16(13-15)22-28(25,26)18-11-5-4-6-12-18/h4-9,11-13,17,22H,2-3,10,14H2,1H3,(H2,21,24). The van der Waals surface area contributed by atoms with Gasteiger partial charge in [-0.3, -0.25) is 9.52 Å². The Morgan fingerprint density at radius 3 is 2.46 bits per heavy atom. The van der Waals surface area contributed by atoms with Gasteiger partial charge < -0.3 is 10.5 Å². The van der Waals surface area contributed by atoms with Gasteiger partial charge in [0, 0.05) is 17.7 Å². The zero-order valence-electron chi connectivity index (χ0n) is 15.6. The number of carbonyl (C=O) groups is 2. The first-order valence-electron chi connectivity index (χ1n) is 8.99. The molecule has 0 aromatic heterocycles. The van der Waals surface area contributed by atoms with E-state index in [2.05, 4.69) is 4.72 Å². The number of hydrogen-bond donors (Lipinski definition) is 2. The van der Waals surface area contributed by atoms with Gasteiger partial charge in [-0.25, -0.2) is 13.2 Å². The molecule has 0 radical (unpaired) electrons. The lowest BCUT2D eigenvalue weighted by Crippen LogP contribution is -2.25. The number of ketones is 1. The number of rotatable bonds is 10. The van der Waals surface area contributed by atoms with Crippen LogP contribution in [0.2, 0.25) is 0 Å². The summed E-state index contributed by atoms with van der Waals surface area (Å²) < 4.78 is 32.3. The molecule has 0 spiro atoms.